The van der Waals surface area contributed by atoms with Gasteiger partial charge in [-0.15, -0.1) is 0 Å². The van der Waals surface area contributed by atoms with E-state index < -0.39 is 0 Å². The maximum Gasteiger partial charge on any atom is 0.215 e. The molecule has 0 radical (unpaired) electrons. The number of hydrogen-bond donors (Lipinski definition) is 2. The molecule has 2 aromatic heterocycles. The summed E-state index contributed by atoms with van der Waals surface area (Å²) in [6, 6.07) is 3.61. The van der Waals surface area contributed by atoms with Crippen molar-refractivity contribution in [1.82, 2.24) is 9.97 Å². The zero-order chi connectivity index (χ0) is 9.26. The number of methoxy groups -OCH3 is 1. The minimum absolute atomic E-state index is 0.00671. The van der Waals surface area contributed by atoms with Crippen molar-refractivity contribution in [3.05, 3.63) is 23.9 Å². The largest absolute Gasteiger partial charge is 0.481 e. The van der Waals surface area contributed by atoms with Gasteiger partial charge in [-0.3, -0.25) is 0 Å². The van der Waals surface area contributed by atoms with Gasteiger partial charge in [-0.1, -0.05) is 0 Å². The van der Waals surface area contributed by atoms with E-state index in [0.29, 0.717) is 5.88 Å². The van der Waals surface area contributed by atoms with Crippen LogP contribution in [0, 0.1) is 0 Å². The van der Waals surface area contributed by atoms with Crippen molar-refractivity contribution in [2.45, 2.75) is 6.61 Å². The molecule has 0 aliphatic carbocycles. The minimum atomic E-state index is -0.00671. The van der Waals surface area contributed by atoms with Crippen LogP contribution in [0.15, 0.2) is 18.3 Å². The first kappa shape index (κ1) is 8.07. The van der Waals surface area contributed by atoms with Crippen molar-refractivity contribution >= 4 is 11.0 Å². The molecule has 0 atom stereocenters. The van der Waals surface area contributed by atoms with E-state index in [1.165, 1.54) is 0 Å². The Kier molecular flexibility index (Phi) is 1.90. The fourth-order valence-corrected chi connectivity index (χ4v) is 1.32. The molecule has 0 spiro atoms. The Morgan fingerprint density at radius 1 is 1.62 bits per heavy atom. The molecule has 0 bridgehead atoms. The molecule has 2 N–H and O–H groups in total. The average Bonchev–Trinajstić information content (AvgIpc) is 2.63. The summed E-state index contributed by atoms with van der Waals surface area (Å²) in [5, 5.41) is 10.0. The second-order valence-electron chi connectivity index (χ2n) is 2.72. The number of aromatic nitrogens is 2. The van der Waals surface area contributed by atoms with E-state index >= 15 is 0 Å². The van der Waals surface area contributed by atoms with Crippen molar-refractivity contribution in [1.29, 1.82) is 0 Å². The van der Waals surface area contributed by atoms with Gasteiger partial charge < -0.3 is 14.8 Å². The molecule has 0 aliphatic heterocycles. The molecule has 0 saturated heterocycles. The van der Waals surface area contributed by atoms with Crippen LogP contribution >= 0.6 is 0 Å². The molecule has 2 rings (SSSR count). The molecule has 0 aliphatic rings. The molecule has 0 saturated carbocycles. The number of fused-ring (bicyclic) bond motifs is 1. The monoisotopic (exact) mass is 178 g/mol. The van der Waals surface area contributed by atoms with Crippen LogP contribution in [-0.4, -0.2) is 22.2 Å². The van der Waals surface area contributed by atoms with Crippen molar-refractivity contribution < 1.29 is 9.84 Å². The molecule has 68 valence electrons. The number of H-pyrrole nitrogens is 1. The predicted molar refractivity (Wildman–Crippen MR) is 48.6 cm³/mol. The fraction of sp³-hybridized carbons (Fsp3) is 0.222. The Morgan fingerprint density at radius 2 is 2.46 bits per heavy atom. The third-order valence-electron chi connectivity index (χ3n) is 1.97. The third-order valence-corrected chi connectivity index (χ3v) is 1.97. The van der Waals surface area contributed by atoms with Crippen LogP contribution < -0.4 is 4.74 Å². The van der Waals surface area contributed by atoms with Crippen LogP contribution in [0.5, 0.6) is 5.88 Å². The topological polar surface area (TPSA) is 58.1 Å². The van der Waals surface area contributed by atoms with Gasteiger partial charge in [0.15, 0.2) is 0 Å². The van der Waals surface area contributed by atoms with Crippen LogP contribution in [0.1, 0.15) is 5.56 Å². The molecular formula is C9H10N2O2. The highest BCUT2D eigenvalue weighted by Gasteiger charge is 2.05. The highest BCUT2D eigenvalue weighted by Crippen LogP contribution is 2.20. The van der Waals surface area contributed by atoms with Gasteiger partial charge in [-0.25, -0.2) is 0 Å². The first-order valence-corrected chi connectivity index (χ1v) is 3.97. The highest BCUT2D eigenvalue weighted by molar-refractivity contribution is 5.80. The molecule has 0 unspecified atom stereocenters. The molecule has 4 heteroatoms. The number of ether oxygens (including phenoxy) is 1. The van der Waals surface area contributed by atoms with Crippen LogP contribution in [-0.2, 0) is 6.61 Å². The number of aliphatic hydroxyl groups excluding tert-OH is 1. The van der Waals surface area contributed by atoms with Gasteiger partial charge in [0.1, 0.15) is 5.65 Å². The van der Waals surface area contributed by atoms with E-state index in [4.69, 9.17) is 9.84 Å². The van der Waals surface area contributed by atoms with Gasteiger partial charge in [-0.2, -0.15) is 4.98 Å². The van der Waals surface area contributed by atoms with Crippen molar-refractivity contribution in [2.75, 3.05) is 7.11 Å². The first-order chi connectivity index (χ1) is 6.35. The first-order valence-electron chi connectivity index (χ1n) is 3.97. The van der Waals surface area contributed by atoms with Crippen LogP contribution in [0.2, 0.25) is 0 Å². The van der Waals surface area contributed by atoms with E-state index in [1.807, 2.05) is 6.07 Å². The Bertz CT molecular complexity index is 422. The third kappa shape index (κ3) is 1.25. The number of pyridine rings is 1. The Morgan fingerprint density at radius 3 is 3.15 bits per heavy atom. The lowest BCUT2D eigenvalue weighted by atomic mass is 10.2. The van der Waals surface area contributed by atoms with E-state index in [9.17, 15) is 0 Å². The predicted octanol–water partition coefficient (Wildman–Crippen LogP) is 1.06. The summed E-state index contributed by atoms with van der Waals surface area (Å²) in [5.74, 6) is 0.513. The maximum atomic E-state index is 9.08. The minimum Gasteiger partial charge on any atom is -0.481 e. The molecule has 4 nitrogen and oxygen atoms in total. The highest BCUT2D eigenvalue weighted by atomic mass is 16.5. The Hall–Kier alpha value is -1.55. The van der Waals surface area contributed by atoms with Crippen molar-refractivity contribution in [3.63, 3.8) is 0 Å². The quantitative estimate of drug-likeness (QED) is 0.723. The number of nitrogens with zero attached hydrogens (tertiary/aromatic N) is 1. The van der Waals surface area contributed by atoms with E-state index in [-0.39, 0.29) is 6.61 Å². The van der Waals surface area contributed by atoms with E-state index in [2.05, 4.69) is 9.97 Å². The second kappa shape index (κ2) is 3.06. The molecule has 2 heterocycles. The van der Waals surface area contributed by atoms with Gasteiger partial charge >= 0.3 is 0 Å². The van der Waals surface area contributed by atoms with Crippen molar-refractivity contribution in [2.24, 2.45) is 0 Å². The molecule has 0 amide bonds. The summed E-state index contributed by atoms with van der Waals surface area (Å²) in [7, 11) is 1.55. The number of rotatable bonds is 2. The molecule has 13 heavy (non-hydrogen) atoms. The zero-order valence-corrected chi connectivity index (χ0v) is 7.24. The fourth-order valence-electron chi connectivity index (χ4n) is 1.32. The maximum absolute atomic E-state index is 9.08. The standard InChI is InChI=1S/C9H10N2O2/c1-13-8-4-6(5-12)7-2-3-10-9(7)11-8/h2-4,12H,5H2,1H3,(H,10,11). The normalized spacial score (nSPS) is 10.6. The number of aromatic amines is 1. The molecule has 0 aromatic carbocycles. The average molecular weight is 178 g/mol. The van der Waals surface area contributed by atoms with E-state index in [0.717, 1.165) is 16.6 Å². The van der Waals surface area contributed by atoms with Gasteiger partial charge in [0.2, 0.25) is 5.88 Å². The number of hydrogen-bond acceptors (Lipinski definition) is 3. The van der Waals surface area contributed by atoms with Gasteiger partial charge in [0, 0.05) is 17.6 Å². The van der Waals surface area contributed by atoms with Crippen LogP contribution in [0.3, 0.4) is 0 Å². The van der Waals surface area contributed by atoms with Gasteiger partial charge in [0.25, 0.3) is 0 Å². The second-order valence-corrected chi connectivity index (χ2v) is 2.72. The summed E-state index contributed by atoms with van der Waals surface area (Å²) in [5.41, 5.74) is 1.56. The summed E-state index contributed by atoms with van der Waals surface area (Å²) in [6.07, 6.45) is 1.79. The lowest BCUT2D eigenvalue weighted by Crippen LogP contribution is -1.92. The summed E-state index contributed by atoms with van der Waals surface area (Å²) in [4.78, 5) is 7.14. The zero-order valence-electron chi connectivity index (χ0n) is 7.24. The van der Waals surface area contributed by atoms with E-state index in [1.54, 1.807) is 19.4 Å². The van der Waals surface area contributed by atoms with Crippen LogP contribution in [0.25, 0.3) is 11.0 Å². The molecule has 0 fully saturated rings. The molecular weight excluding hydrogens is 168 g/mol. The number of nitrogens with one attached hydrogen (secondary N) is 1. The summed E-state index contributed by atoms with van der Waals surface area (Å²) in [6.45, 7) is -0.00671. The summed E-state index contributed by atoms with van der Waals surface area (Å²) >= 11 is 0. The SMILES string of the molecule is COc1cc(CO)c2cc[nH]c2n1. The lowest BCUT2D eigenvalue weighted by Gasteiger charge is -2.02. The van der Waals surface area contributed by atoms with Crippen LogP contribution in [0.4, 0.5) is 0 Å². The lowest BCUT2D eigenvalue weighted by molar-refractivity contribution is 0.282. The Labute approximate surface area is 75.2 Å². The Balaban J connectivity index is 2.70. The number of aliphatic hydroxyl groups is 1. The summed E-state index contributed by atoms with van der Waals surface area (Å²) < 4.78 is 4.99. The smallest absolute Gasteiger partial charge is 0.215 e. The van der Waals surface area contributed by atoms with Gasteiger partial charge in [-0.05, 0) is 11.6 Å². The molecule has 2 aromatic rings. The van der Waals surface area contributed by atoms with Gasteiger partial charge in [0.05, 0.1) is 13.7 Å². The van der Waals surface area contributed by atoms with Crippen molar-refractivity contribution in [3.8, 4) is 5.88 Å².